The van der Waals surface area contributed by atoms with Gasteiger partial charge >= 0.3 is 0 Å². The molecule has 2 amide bonds. The molecule has 0 aliphatic heterocycles. The molecule has 0 bridgehead atoms. The lowest BCUT2D eigenvalue weighted by atomic mass is 10.1. The maximum absolute atomic E-state index is 12.3. The summed E-state index contributed by atoms with van der Waals surface area (Å²) >= 11 is 1.42. The largest absolute Gasteiger partial charge is 0.508 e. The minimum absolute atomic E-state index is 0.0891. The molecule has 0 atom stereocenters. The second-order valence-electron chi connectivity index (χ2n) is 6.28. The number of thiophene rings is 1. The maximum atomic E-state index is 12.3. The average Bonchev–Trinajstić information content (AvgIpc) is 3.14. The highest BCUT2D eigenvalue weighted by molar-refractivity contribution is 7.14. The molecule has 0 radical (unpaired) electrons. The number of carbonyl (C=O) groups is 2. The van der Waals surface area contributed by atoms with E-state index in [0.717, 1.165) is 10.9 Å². The molecule has 7 nitrogen and oxygen atoms in total. The molecule has 0 unspecified atom stereocenters. The molecule has 1 heterocycles. The van der Waals surface area contributed by atoms with Crippen LogP contribution in [0.5, 0.6) is 11.5 Å². The van der Waals surface area contributed by atoms with Crippen LogP contribution >= 0.6 is 11.3 Å². The number of hydrazone groups is 1. The summed E-state index contributed by atoms with van der Waals surface area (Å²) in [6.45, 7) is 3.64. The van der Waals surface area contributed by atoms with Gasteiger partial charge in [-0.25, -0.2) is 5.43 Å². The Morgan fingerprint density at radius 1 is 1.00 bits per heavy atom. The van der Waals surface area contributed by atoms with Gasteiger partial charge in [-0.05, 0) is 61.9 Å². The first-order chi connectivity index (χ1) is 13.8. The van der Waals surface area contributed by atoms with Crippen LogP contribution in [0.4, 0.5) is 5.69 Å². The number of hydrogen-bond acceptors (Lipinski definition) is 6. The van der Waals surface area contributed by atoms with E-state index in [1.165, 1.54) is 23.5 Å². The fraction of sp³-hybridized carbons (Fsp3) is 0.0952. The molecule has 0 saturated heterocycles. The van der Waals surface area contributed by atoms with Gasteiger partial charge in [0.1, 0.15) is 11.5 Å². The van der Waals surface area contributed by atoms with Crippen LogP contribution in [0.1, 0.15) is 37.4 Å². The zero-order chi connectivity index (χ0) is 21.0. The van der Waals surface area contributed by atoms with Crippen molar-refractivity contribution >= 4 is 34.6 Å². The second kappa shape index (κ2) is 8.57. The molecule has 1 aromatic heterocycles. The third-order valence-electron chi connectivity index (χ3n) is 4.05. The Balaban J connectivity index is 1.71. The lowest BCUT2D eigenvalue weighted by Gasteiger charge is -2.08. The van der Waals surface area contributed by atoms with Crippen molar-refractivity contribution in [1.29, 1.82) is 0 Å². The first kappa shape index (κ1) is 20.1. The first-order valence-corrected chi connectivity index (χ1v) is 9.50. The summed E-state index contributed by atoms with van der Waals surface area (Å²) in [6.07, 6.45) is 0. The molecule has 0 aliphatic carbocycles. The minimum Gasteiger partial charge on any atom is -0.508 e. The molecule has 0 saturated carbocycles. The van der Waals surface area contributed by atoms with Crippen molar-refractivity contribution in [3.8, 4) is 11.5 Å². The number of nitrogens with zero attached hydrogens (tertiary/aromatic N) is 1. The van der Waals surface area contributed by atoms with Crippen LogP contribution in [0.15, 0.2) is 59.7 Å². The van der Waals surface area contributed by atoms with Crippen molar-refractivity contribution in [1.82, 2.24) is 5.43 Å². The Morgan fingerprint density at radius 2 is 1.79 bits per heavy atom. The molecule has 2 aromatic carbocycles. The van der Waals surface area contributed by atoms with Crippen LogP contribution in [-0.4, -0.2) is 27.7 Å². The van der Waals surface area contributed by atoms with E-state index in [4.69, 9.17) is 0 Å². The van der Waals surface area contributed by atoms with Gasteiger partial charge in [0.25, 0.3) is 11.8 Å². The van der Waals surface area contributed by atoms with E-state index < -0.39 is 5.91 Å². The van der Waals surface area contributed by atoms with Crippen LogP contribution in [0.3, 0.4) is 0 Å². The molecule has 3 rings (SSSR count). The van der Waals surface area contributed by atoms with Crippen molar-refractivity contribution in [3.05, 3.63) is 75.5 Å². The Morgan fingerprint density at radius 3 is 2.52 bits per heavy atom. The number of phenols is 2. The fourth-order valence-electron chi connectivity index (χ4n) is 2.54. The zero-order valence-corrected chi connectivity index (χ0v) is 16.6. The van der Waals surface area contributed by atoms with Crippen molar-refractivity contribution in [2.75, 3.05) is 5.32 Å². The van der Waals surface area contributed by atoms with E-state index in [1.54, 1.807) is 37.3 Å². The van der Waals surface area contributed by atoms with E-state index in [1.807, 2.05) is 13.0 Å². The molecule has 0 spiro atoms. The topological polar surface area (TPSA) is 111 Å². The lowest BCUT2D eigenvalue weighted by molar-refractivity contribution is 0.0951. The summed E-state index contributed by atoms with van der Waals surface area (Å²) in [5.41, 5.74) is 4.06. The van der Waals surface area contributed by atoms with Crippen molar-refractivity contribution < 1.29 is 19.8 Å². The number of hydrogen-bond donors (Lipinski definition) is 4. The summed E-state index contributed by atoms with van der Waals surface area (Å²) in [5.74, 6) is -1.25. The van der Waals surface area contributed by atoms with Crippen molar-refractivity contribution in [2.45, 2.75) is 13.8 Å². The van der Waals surface area contributed by atoms with Gasteiger partial charge in [0.05, 0.1) is 16.2 Å². The fourth-order valence-corrected chi connectivity index (χ4v) is 3.30. The van der Waals surface area contributed by atoms with Gasteiger partial charge in [0, 0.05) is 10.6 Å². The van der Waals surface area contributed by atoms with Gasteiger partial charge in [-0.15, -0.1) is 11.3 Å². The minimum atomic E-state index is -0.657. The Bertz CT molecular complexity index is 1100. The van der Waals surface area contributed by atoms with E-state index in [9.17, 15) is 19.8 Å². The SMILES string of the molecule is C/C(=N/NC(=O)c1cc(O)ccc1O)c1cccc(NC(=O)c2ccc(C)s2)c1. The highest BCUT2D eigenvalue weighted by atomic mass is 32.1. The van der Waals surface area contributed by atoms with E-state index in [2.05, 4.69) is 15.8 Å². The number of amides is 2. The van der Waals surface area contributed by atoms with Crippen LogP contribution in [0.25, 0.3) is 0 Å². The average molecular weight is 409 g/mol. The number of phenolic OH excluding ortho intramolecular Hbond substituents is 2. The van der Waals surface area contributed by atoms with Crippen LogP contribution in [-0.2, 0) is 0 Å². The van der Waals surface area contributed by atoms with E-state index in [0.29, 0.717) is 21.8 Å². The second-order valence-corrected chi connectivity index (χ2v) is 7.57. The third kappa shape index (κ3) is 4.99. The Labute approximate surface area is 171 Å². The summed E-state index contributed by atoms with van der Waals surface area (Å²) in [7, 11) is 0. The molecule has 148 valence electrons. The van der Waals surface area contributed by atoms with E-state index >= 15 is 0 Å². The van der Waals surface area contributed by atoms with Gasteiger partial charge < -0.3 is 15.5 Å². The van der Waals surface area contributed by atoms with Crippen LogP contribution in [0.2, 0.25) is 0 Å². The number of anilines is 1. The number of benzene rings is 2. The molecule has 0 aliphatic rings. The lowest BCUT2D eigenvalue weighted by Crippen LogP contribution is -2.19. The summed E-state index contributed by atoms with van der Waals surface area (Å²) in [6, 6.07) is 14.4. The van der Waals surface area contributed by atoms with Gasteiger partial charge in [-0.1, -0.05) is 12.1 Å². The molecule has 3 aromatic rings. The quantitative estimate of drug-likeness (QED) is 0.291. The normalized spacial score (nSPS) is 11.2. The maximum Gasteiger partial charge on any atom is 0.275 e. The van der Waals surface area contributed by atoms with Crippen LogP contribution < -0.4 is 10.7 Å². The highest BCUT2D eigenvalue weighted by Gasteiger charge is 2.12. The van der Waals surface area contributed by atoms with Crippen molar-refractivity contribution in [3.63, 3.8) is 0 Å². The molecule has 29 heavy (non-hydrogen) atoms. The smallest absolute Gasteiger partial charge is 0.275 e. The summed E-state index contributed by atoms with van der Waals surface area (Å²) < 4.78 is 0. The number of rotatable bonds is 5. The van der Waals surface area contributed by atoms with Crippen molar-refractivity contribution in [2.24, 2.45) is 5.10 Å². The summed E-state index contributed by atoms with van der Waals surface area (Å²) in [5, 5.41) is 26.1. The van der Waals surface area contributed by atoms with Crippen LogP contribution in [0, 0.1) is 6.92 Å². The first-order valence-electron chi connectivity index (χ1n) is 8.68. The highest BCUT2D eigenvalue weighted by Crippen LogP contribution is 2.22. The number of nitrogens with one attached hydrogen (secondary N) is 2. The Hall–Kier alpha value is -3.65. The van der Waals surface area contributed by atoms with Gasteiger partial charge in [-0.2, -0.15) is 5.10 Å². The Kier molecular flexibility index (Phi) is 5.94. The molecular formula is C21H19N3O4S. The number of aryl methyl sites for hydroxylation is 1. The number of carbonyl (C=O) groups excluding carboxylic acids is 2. The monoisotopic (exact) mass is 409 g/mol. The van der Waals surface area contributed by atoms with Gasteiger partial charge in [0.15, 0.2) is 0 Å². The number of aromatic hydroxyl groups is 2. The molecule has 0 fully saturated rings. The molecular weight excluding hydrogens is 390 g/mol. The third-order valence-corrected chi connectivity index (χ3v) is 5.05. The summed E-state index contributed by atoms with van der Waals surface area (Å²) in [4.78, 5) is 26.2. The zero-order valence-electron chi connectivity index (χ0n) is 15.8. The van der Waals surface area contributed by atoms with Gasteiger partial charge in [-0.3, -0.25) is 9.59 Å². The van der Waals surface area contributed by atoms with E-state index in [-0.39, 0.29) is 23.0 Å². The standard InChI is InChI=1S/C21H19N3O4S/c1-12-6-9-19(29-12)21(28)22-15-5-3-4-14(10-15)13(2)23-24-20(27)17-11-16(25)7-8-18(17)26/h3-11,25-26H,1-2H3,(H,22,28)(H,24,27)/b23-13-. The van der Waals surface area contributed by atoms with Gasteiger partial charge in [0.2, 0.25) is 0 Å². The predicted molar refractivity (Wildman–Crippen MR) is 113 cm³/mol. The molecule has 8 heteroatoms. The predicted octanol–water partition coefficient (Wildman–Crippen LogP) is 3.87. The molecule has 4 N–H and O–H groups in total.